The standard InChI is InChI=1S/C8H8BrFS/c1-11-5-6-4-7(10)2-3-8(6)9/h2-4H,5H2,1H3. The highest BCUT2D eigenvalue weighted by Gasteiger charge is 1.99. The first-order valence-corrected chi connectivity index (χ1v) is 5.35. The van der Waals surface area contributed by atoms with Crippen LogP contribution < -0.4 is 0 Å². The van der Waals surface area contributed by atoms with Gasteiger partial charge in [0.15, 0.2) is 0 Å². The molecule has 0 aliphatic rings. The molecule has 3 heteroatoms. The van der Waals surface area contributed by atoms with Crippen LogP contribution in [0.3, 0.4) is 0 Å². The fraction of sp³-hybridized carbons (Fsp3) is 0.250. The molecule has 0 amide bonds. The maximum atomic E-state index is 12.6. The Morgan fingerprint density at radius 2 is 2.27 bits per heavy atom. The van der Waals surface area contributed by atoms with E-state index in [0.29, 0.717) is 0 Å². The van der Waals surface area contributed by atoms with Crippen molar-refractivity contribution in [2.45, 2.75) is 5.75 Å². The van der Waals surface area contributed by atoms with Gasteiger partial charge in [0.2, 0.25) is 0 Å². The van der Waals surface area contributed by atoms with Gasteiger partial charge in [0.1, 0.15) is 5.82 Å². The van der Waals surface area contributed by atoms with Crippen molar-refractivity contribution in [1.82, 2.24) is 0 Å². The summed E-state index contributed by atoms with van der Waals surface area (Å²) in [5.41, 5.74) is 1.01. The van der Waals surface area contributed by atoms with Crippen LogP contribution in [0, 0.1) is 5.82 Å². The zero-order chi connectivity index (χ0) is 8.27. The van der Waals surface area contributed by atoms with Gasteiger partial charge in [-0.05, 0) is 30.0 Å². The molecule has 0 saturated carbocycles. The van der Waals surface area contributed by atoms with E-state index in [1.165, 1.54) is 6.07 Å². The maximum Gasteiger partial charge on any atom is 0.123 e. The summed E-state index contributed by atoms with van der Waals surface area (Å²) in [5.74, 6) is 0.676. The topological polar surface area (TPSA) is 0 Å². The van der Waals surface area contributed by atoms with Gasteiger partial charge < -0.3 is 0 Å². The van der Waals surface area contributed by atoms with E-state index >= 15 is 0 Å². The molecule has 0 nitrogen and oxygen atoms in total. The van der Waals surface area contributed by atoms with Crippen molar-refractivity contribution < 1.29 is 4.39 Å². The highest BCUT2D eigenvalue weighted by atomic mass is 79.9. The average molecular weight is 235 g/mol. The summed E-state index contributed by atoms with van der Waals surface area (Å²) in [6, 6.07) is 4.75. The lowest BCUT2D eigenvalue weighted by molar-refractivity contribution is 0.626. The summed E-state index contributed by atoms with van der Waals surface area (Å²) in [5, 5.41) is 0. The molecule has 0 radical (unpaired) electrons. The lowest BCUT2D eigenvalue weighted by Crippen LogP contribution is -1.83. The summed E-state index contributed by atoms with van der Waals surface area (Å²) >= 11 is 5.03. The molecule has 0 heterocycles. The fourth-order valence-electron chi connectivity index (χ4n) is 0.809. The van der Waals surface area contributed by atoms with E-state index in [1.807, 2.05) is 6.26 Å². The molecule has 0 saturated heterocycles. The Balaban J connectivity index is 2.93. The molecule has 11 heavy (non-hydrogen) atoms. The van der Waals surface area contributed by atoms with Gasteiger partial charge in [-0.1, -0.05) is 15.9 Å². The zero-order valence-electron chi connectivity index (χ0n) is 6.10. The normalized spacial score (nSPS) is 10.1. The molecule has 0 N–H and O–H groups in total. The molecule has 0 spiro atoms. The molecule has 1 rings (SSSR count). The summed E-state index contributed by atoms with van der Waals surface area (Å²) in [6.45, 7) is 0. The first kappa shape index (κ1) is 9.07. The SMILES string of the molecule is CSCc1cc(F)ccc1Br. The lowest BCUT2D eigenvalue weighted by Gasteiger charge is -2.00. The van der Waals surface area contributed by atoms with Crippen LogP contribution in [0.15, 0.2) is 22.7 Å². The lowest BCUT2D eigenvalue weighted by atomic mass is 10.2. The first-order chi connectivity index (χ1) is 5.24. The molecule has 0 bridgehead atoms. The summed E-state index contributed by atoms with van der Waals surface area (Å²) in [6.07, 6.45) is 2.00. The van der Waals surface area contributed by atoms with Gasteiger partial charge in [0.05, 0.1) is 0 Å². The van der Waals surface area contributed by atoms with Crippen molar-refractivity contribution in [3.05, 3.63) is 34.1 Å². The van der Waals surface area contributed by atoms with Crippen LogP contribution in [0.4, 0.5) is 4.39 Å². The van der Waals surface area contributed by atoms with Crippen molar-refractivity contribution >= 4 is 27.7 Å². The van der Waals surface area contributed by atoms with Crippen molar-refractivity contribution in [3.8, 4) is 0 Å². The van der Waals surface area contributed by atoms with Crippen LogP contribution in [-0.4, -0.2) is 6.26 Å². The Bertz CT molecular complexity index is 250. The first-order valence-electron chi connectivity index (χ1n) is 3.17. The summed E-state index contributed by atoms with van der Waals surface area (Å²) < 4.78 is 13.6. The van der Waals surface area contributed by atoms with Crippen LogP contribution in [0.25, 0.3) is 0 Å². The van der Waals surface area contributed by atoms with Gasteiger partial charge in [-0.2, -0.15) is 11.8 Å². The second-order valence-electron chi connectivity index (χ2n) is 2.17. The van der Waals surface area contributed by atoms with Crippen LogP contribution >= 0.6 is 27.7 Å². The molecule has 60 valence electrons. The number of hydrogen-bond donors (Lipinski definition) is 0. The maximum absolute atomic E-state index is 12.6. The van der Waals surface area contributed by atoms with Gasteiger partial charge in [-0.15, -0.1) is 0 Å². The number of rotatable bonds is 2. The Labute approximate surface area is 78.3 Å². The molecular formula is C8H8BrFS. The second-order valence-corrected chi connectivity index (χ2v) is 3.89. The minimum Gasteiger partial charge on any atom is -0.207 e. The van der Waals surface area contributed by atoms with Crippen LogP contribution in [-0.2, 0) is 5.75 Å². The van der Waals surface area contributed by atoms with Crippen molar-refractivity contribution in [2.24, 2.45) is 0 Å². The summed E-state index contributed by atoms with van der Waals surface area (Å²) in [7, 11) is 0. The van der Waals surface area contributed by atoms with Gasteiger partial charge >= 0.3 is 0 Å². The van der Waals surface area contributed by atoms with Crippen LogP contribution in [0.2, 0.25) is 0 Å². The molecule has 0 atom stereocenters. The Hall–Kier alpha value is -0.0200. The molecule has 0 aromatic heterocycles. The zero-order valence-corrected chi connectivity index (χ0v) is 8.51. The van der Waals surface area contributed by atoms with E-state index in [9.17, 15) is 4.39 Å². The van der Waals surface area contributed by atoms with Crippen LogP contribution in [0.1, 0.15) is 5.56 Å². The van der Waals surface area contributed by atoms with Crippen molar-refractivity contribution in [1.29, 1.82) is 0 Å². The number of thioether (sulfide) groups is 1. The number of halogens is 2. The largest absolute Gasteiger partial charge is 0.207 e. The van der Waals surface area contributed by atoms with E-state index in [2.05, 4.69) is 15.9 Å². The minimum atomic E-state index is -0.169. The Morgan fingerprint density at radius 3 is 2.91 bits per heavy atom. The van der Waals surface area contributed by atoms with Gasteiger partial charge in [-0.3, -0.25) is 0 Å². The predicted octanol–water partition coefficient (Wildman–Crippen LogP) is 3.45. The van der Waals surface area contributed by atoms with E-state index in [0.717, 1.165) is 15.8 Å². The quantitative estimate of drug-likeness (QED) is 0.756. The highest BCUT2D eigenvalue weighted by Crippen LogP contribution is 2.21. The van der Waals surface area contributed by atoms with E-state index < -0.39 is 0 Å². The molecule has 1 aromatic carbocycles. The molecule has 0 unspecified atom stereocenters. The molecule has 1 aromatic rings. The molecule has 0 aliphatic carbocycles. The predicted molar refractivity (Wildman–Crippen MR) is 51.3 cm³/mol. The second kappa shape index (κ2) is 4.12. The van der Waals surface area contributed by atoms with Gasteiger partial charge in [-0.25, -0.2) is 4.39 Å². The van der Waals surface area contributed by atoms with E-state index in [4.69, 9.17) is 0 Å². The highest BCUT2D eigenvalue weighted by molar-refractivity contribution is 9.10. The van der Waals surface area contributed by atoms with Crippen LogP contribution in [0.5, 0.6) is 0 Å². The van der Waals surface area contributed by atoms with Crippen molar-refractivity contribution in [2.75, 3.05) is 6.26 Å². The summed E-state index contributed by atoms with van der Waals surface area (Å²) in [4.78, 5) is 0. The molecule has 0 aliphatic heterocycles. The van der Waals surface area contributed by atoms with Crippen molar-refractivity contribution in [3.63, 3.8) is 0 Å². The Morgan fingerprint density at radius 1 is 1.55 bits per heavy atom. The number of benzene rings is 1. The smallest absolute Gasteiger partial charge is 0.123 e. The third-order valence-corrected chi connectivity index (χ3v) is 2.68. The molecular weight excluding hydrogens is 227 g/mol. The monoisotopic (exact) mass is 234 g/mol. The average Bonchev–Trinajstić information content (AvgIpc) is 1.98. The van der Waals surface area contributed by atoms with E-state index in [-0.39, 0.29) is 5.82 Å². The van der Waals surface area contributed by atoms with E-state index in [1.54, 1.807) is 23.9 Å². The fourth-order valence-corrected chi connectivity index (χ4v) is 1.93. The van der Waals surface area contributed by atoms with Gasteiger partial charge in [0.25, 0.3) is 0 Å². The van der Waals surface area contributed by atoms with Gasteiger partial charge in [0, 0.05) is 10.2 Å². The number of hydrogen-bond acceptors (Lipinski definition) is 1. The molecule has 0 fully saturated rings. The minimum absolute atomic E-state index is 0.169. The Kier molecular flexibility index (Phi) is 3.40. The third-order valence-electron chi connectivity index (χ3n) is 1.31. The third kappa shape index (κ3) is 2.49.